The number of hydrogen-bond acceptors (Lipinski definition) is 2. The zero-order chi connectivity index (χ0) is 16.0. The molecule has 6 heteroatoms. The molecule has 0 aliphatic carbocycles. The Morgan fingerprint density at radius 2 is 2.04 bits per heavy atom. The Kier molecular flexibility index (Phi) is 3.31. The quantitative estimate of drug-likeness (QED) is 0.749. The molecule has 23 heavy (non-hydrogen) atoms. The maximum absolute atomic E-state index is 13.3. The third-order valence-corrected chi connectivity index (χ3v) is 4.05. The molecular formula is C17H11ClF2N2O. The number of aromatic nitrogens is 2. The summed E-state index contributed by atoms with van der Waals surface area (Å²) in [6.45, 7) is 0.691. The van der Waals surface area contributed by atoms with Gasteiger partial charge in [-0.25, -0.2) is 13.8 Å². The first-order valence-electron chi connectivity index (χ1n) is 7.08. The van der Waals surface area contributed by atoms with Crippen LogP contribution in [0.3, 0.4) is 0 Å². The van der Waals surface area contributed by atoms with Gasteiger partial charge in [-0.05, 0) is 29.3 Å². The molecule has 0 fully saturated rings. The number of rotatable bonds is 2. The molecule has 0 radical (unpaired) electrons. The second-order valence-electron chi connectivity index (χ2n) is 5.33. The van der Waals surface area contributed by atoms with Crippen LogP contribution in [0.1, 0.15) is 17.0 Å². The molecule has 0 atom stereocenters. The molecule has 1 aromatic heterocycles. The van der Waals surface area contributed by atoms with Crippen molar-refractivity contribution in [1.29, 1.82) is 0 Å². The molecule has 3 nitrogen and oxygen atoms in total. The lowest BCUT2D eigenvalue weighted by Gasteiger charge is -2.00. The molecule has 116 valence electrons. The van der Waals surface area contributed by atoms with Crippen LogP contribution in [0, 0.1) is 11.6 Å². The third-order valence-electron chi connectivity index (χ3n) is 3.76. The molecule has 0 bridgehead atoms. The topological polar surface area (TPSA) is 37.9 Å². The van der Waals surface area contributed by atoms with E-state index in [0.717, 1.165) is 35.4 Å². The van der Waals surface area contributed by atoms with Gasteiger partial charge in [0.25, 0.3) is 0 Å². The Morgan fingerprint density at radius 3 is 2.91 bits per heavy atom. The molecule has 0 spiro atoms. The summed E-state index contributed by atoms with van der Waals surface area (Å²) in [6, 6.07) is 7.92. The van der Waals surface area contributed by atoms with Gasteiger partial charge in [-0.2, -0.15) is 0 Å². The summed E-state index contributed by atoms with van der Waals surface area (Å²) in [5.74, 6) is -0.600. The lowest BCUT2D eigenvalue weighted by atomic mass is 10.1. The van der Waals surface area contributed by atoms with Crippen LogP contribution in [0.5, 0.6) is 5.75 Å². The summed E-state index contributed by atoms with van der Waals surface area (Å²) in [6.07, 6.45) is 2.63. The minimum atomic E-state index is -0.936. The molecule has 0 amide bonds. The zero-order valence-electron chi connectivity index (χ0n) is 11.9. The average Bonchev–Trinajstić information content (AvgIpc) is 3.13. The maximum Gasteiger partial charge on any atom is 0.161 e. The van der Waals surface area contributed by atoms with Gasteiger partial charge in [-0.1, -0.05) is 17.7 Å². The number of nitrogens with zero attached hydrogens (tertiary/aromatic N) is 1. The van der Waals surface area contributed by atoms with Crippen LogP contribution in [-0.4, -0.2) is 16.6 Å². The van der Waals surface area contributed by atoms with Crippen molar-refractivity contribution in [3.05, 3.63) is 58.9 Å². The predicted octanol–water partition coefficient (Wildman–Crippen LogP) is 4.51. The van der Waals surface area contributed by atoms with E-state index >= 15 is 0 Å². The van der Waals surface area contributed by atoms with Crippen LogP contribution < -0.4 is 4.74 Å². The first kappa shape index (κ1) is 14.2. The van der Waals surface area contributed by atoms with E-state index in [-0.39, 0.29) is 0 Å². The van der Waals surface area contributed by atoms with E-state index in [4.69, 9.17) is 16.3 Å². The van der Waals surface area contributed by atoms with Crippen molar-refractivity contribution in [3.8, 4) is 5.75 Å². The van der Waals surface area contributed by atoms with Crippen LogP contribution in [0.15, 0.2) is 30.3 Å². The number of benzene rings is 2. The minimum Gasteiger partial charge on any atom is -0.493 e. The first-order valence-corrected chi connectivity index (χ1v) is 7.46. The van der Waals surface area contributed by atoms with Gasteiger partial charge in [0.1, 0.15) is 11.6 Å². The van der Waals surface area contributed by atoms with Crippen molar-refractivity contribution in [2.45, 2.75) is 6.42 Å². The van der Waals surface area contributed by atoms with Crippen molar-refractivity contribution in [2.24, 2.45) is 0 Å². The fourth-order valence-corrected chi connectivity index (χ4v) is 2.84. The molecule has 0 saturated carbocycles. The van der Waals surface area contributed by atoms with Gasteiger partial charge in [0.05, 0.1) is 22.7 Å². The van der Waals surface area contributed by atoms with E-state index in [1.54, 1.807) is 6.08 Å². The summed E-state index contributed by atoms with van der Waals surface area (Å²) in [5, 5.41) is 0.362. The molecule has 1 aliphatic rings. The van der Waals surface area contributed by atoms with E-state index < -0.39 is 11.6 Å². The van der Waals surface area contributed by atoms with Crippen LogP contribution in [0.25, 0.3) is 22.1 Å². The number of H-pyrrole nitrogens is 1. The monoisotopic (exact) mass is 332 g/mol. The SMILES string of the molecule is Fc1cc2nc(/C(Cl)=C/c3ccc4c(c3)CCO4)[nH]c2cc1F. The highest BCUT2D eigenvalue weighted by atomic mass is 35.5. The number of fused-ring (bicyclic) bond motifs is 2. The highest BCUT2D eigenvalue weighted by Crippen LogP contribution is 2.29. The van der Waals surface area contributed by atoms with Crippen LogP contribution >= 0.6 is 11.6 Å². The standard InChI is InChI=1S/C17H11ClF2N2O/c18-11(6-9-1-2-16-10(5-9)3-4-23-16)17-21-14-7-12(19)13(20)8-15(14)22-17/h1-2,5-8H,3-4H2,(H,21,22)/b11-6-. The second-order valence-corrected chi connectivity index (χ2v) is 5.73. The normalized spacial score (nSPS) is 14.1. The van der Waals surface area contributed by atoms with Crippen molar-refractivity contribution < 1.29 is 13.5 Å². The first-order chi connectivity index (χ1) is 11.1. The van der Waals surface area contributed by atoms with Gasteiger partial charge in [0, 0.05) is 18.6 Å². The number of aromatic amines is 1. The molecule has 2 aromatic carbocycles. The Balaban J connectivity index is 1.72. The molecule has 0 saturated heterocycles. The predicted molar refractivity (Wildman–Crippen MR) is 85.4 cm³/mol. The zero-order valence-corrected chi connectivity index (χ0v) is 12.6. The van der Waals surface area contributed by atoms with Crippen molar-refractivity contribution in [1.82, 2.24) is 9.97 Å². The summed E-state index contributed by atoms with van der Waals surface area (Å²) < 4.78 is 32.0. The summed E-state index contributed by atoms with van der Waals surface area (Å²) in [7, 11) is 0. The molecule has 0 unspecified atom stereocenters. The van der Waals surface area contributed by atoms with Gasteiger partial charge in [-0.3, -0.25) is 0 Å². The number of halogens is 3. The molecular weight excluding hydrogens is 322 g/mol. The van der Waals surface area contributed by atoms with E-state index in [1.165, 1.54) is 0 Å². The van der Waals surface area contributed by atoms with Crippen molar-refractivity contribution >= 4 is 33.7 Å². The Bertz CT molecular complexity index is 910. The van der Waals surface area contributed by atoms with Crippen LogP contribution in [-0.2, 0) is 6.42 Å². The van der Waals surface area contributed by atoms with Gasteiger partial charge in [0.2, 0.25) is 0 Å². The smallest absolute Gasteiger partial charge is 0.161 e. The lowest BCUT2D eigenvalue weighted by molar-refractivity contribution is 0.357. The maximum atomic E-state index is 13.3. The number of hydrogen-bond donors (Lipinski definition) is 1. The van der Waals surface area contributed by atoms with E-state index in [0.29, 0.717) is 28.5 Å². The summed E-state index contributed by atoms with van der Waals surface area (Å²) in [5.41, 5.74) is 2.77. The van der Waals surface area contributed by atoms with Gasteiger partial charge in [0.15, 0.2) is 11.6 Å². The lowest BCUT2D eigenvalue weighted by Crippen LogP contribution is -1.85. The fourth-order valence-electron chi connectivity index (χ4n) is 2.63. The van der Waals surface area contributed by atoms with Crippen LogP contribution in [0.4, 0.5) is 8.78 Å². The van der Waals surface area contributed by atoms with Gasteiger partial charge >= 0.3 is 0 Å². The number of ether oxygens (including phenoxy) is 1. The molecule has 2 heterocycles. The van der Waals surface area contributed by atoms with E-state index in [9.17, 15) is 8.78 Å². The van der Waals surface area contributed by atoms with E-state index in [1.807, 2.05) is 18.2 Å². The van der Waals surface area contributed by atoms with Gasteiger partial charge in [-0.15, -0.1) is 0 Å². The molecule has 4 rings (SSSR count). The average molecular weight is 333 g/mol. The fraction of sp³-hybridized carbons (Fsp3) is 0.118. The molecule has 3 aromatic rings. The van der Waals surface area contributed by atoms with Crippen molar-refractivity contribution in [3.63, 3.8) is 0 Å². The highest BCUT2D eigenvalue weighted by molar-refractivity contribution is 6.50. The Labute approximate surface area is 135 Å². The van der Waals surface area contributed by atoms with Gasteiger partial charge < -0.3 is 9.72 Å². The highest BCUT2D eigenvalue weighted by Gasteiger charge is 2.13. The Morgan fingerprint density at radius 1 is 1.22 bits per heavy atom. The number of imidazole rings is 1. The Hall–Kier alpha value is -2.40. The third kappa shape index (κ3) is 2.57. The number of nitrogens with one attached hydrogen (secondary N) is 1. The van der Waals surface area contributed by atoms with Crippen molar-refractivity contribution in [2.75, 3.05) is 6.61 Å². The minimum absolute atomic E-state index is 0.327. The summed E-state index contributed by atoms with van der Waals surface area (Å²) in [4.78, 5) is 7.09. The van der Waals surface area contributed by atoms with E-state index in [2.05, 4.69) is 9.97 Å². The van der Waals surface area contributed by atoms with Crippen LogP contribution in [0.2, 0.25) is 0 Å². The molecule has 1 N–H and O–H groups in total. The molecule has 1 aliphatic heterocycles. The largest absolute Gasteiger partial charge is 0.493 e. The summed E-state index contributed by atoms with van der Waals surface area (Å²) >= 11 is 6.29. The second kappa shape index (κ2) is 5.35.